The fraction of sp³-hybridized carbons (Fsp3) is 0.400. The second kappa shape index (κ2) is 9.23. The van der Waals surface area contributed by atoms with Crippen molar-refractivity contribution in [1.82, 2.24) is 20.5 Å². The molecular formula is C20H26N4O3. The number of hydrogen-bond acceptors (Lipinski definition) is 5. The van der Waals surface area contributed by atoms with Gasteiger partial charge in [-0.25, -0.2) is 4.79 Å². The molecule has 0 saturated heterocycles. The standard InChI is InChI=1S/C20H26N4O3/c1-24(2)17(12-16-4-3-5-18-19(16)27-14-26-18)13-23-20(25)22-11-8-15-6-9-21-10-7-15/h3-7,9-10,17H,8,11-14H2,1-2H3,(H2,22,23,25)/t17-/m0/s1. The number of rotatable bonds is 8. The average molecular weight is 370 g/mol. The van der Waals surface area contributed by atoms with Gasteiger partial charge in [-0.05, 0) is 56.3 Å². The number of amides is 2. The van der Waals surface area contributed by atoms with Crippen LogP contribution < -0.4 is 20.1 Å². The summed E-state index contributed by atoms with van der Waals surface area (Å²) >= 11 is 0. The van der Waals surface area contributed by atoms with Gasteiger partial charge in [-0.3, -0.25) is 4.98 Å². The molecule has 0 aliphatic carbocycles. The summed E-state index contributed by atoms with van der Waals surface area (Å²) in [5, 5.41) is 5.86. The van der Waals surface area contributed by atoms with Gasteiger partial charge in [0.05, 0.1) is 0 Å². The van der Waals surface area contributed by atoms with Crippen LogP contribution in [0.25, 0.3) is 0 Å². The highest BCUT2D eigenvalue weighted by molar-refractivity contribution is 5.73. The number of hydrogen-bond donors (Lipinski definition) is 2. The largest absolute Gasteiger partial charge is 0.454 e. The minimum absolute atomic E-state index is 0.145. The topological polar surface area (TPSA) is 75.7 Å². The van der Waals surface area contributed by atoms with E-state index in [9.17, 15) is 4.79 Å². The van der Waals surface area contributed by atoms with E-state index < -0.39 is 0 Å². The Labute approximate surface area is 159 Å². The normalized spacial score (nSPS) is 13.4. The van der Waals surface area contributed by atoms with Crippen LogP contribution in [0.2, 0.25) is 0 Å². The Bertz CT molecular complexity index is 752. The van der Waals surface area contributed by atoms with Crippen molar-refractivity contribution in [2.75, 3.05) is 34.0 Å². The summed E-state index contributed by atoms with van der Waals surface area (Å²) in [7, 11) is 4.02. The molecule has 0 radical (unpaired) electrons. The second-order valence-corrected chi connectivity index (χ2v) is 6.71. The average Bonchev–Trinajstić information content (AvgIpc) is 3.15. The SMILES string of the molecule is CN(C)[C@H](CNC(=O)NCCc1ccncc1)Cc1cccc2c1OCO2. The fourth-order valence-corrected chi connectivity index (χ4v) is 2.99. The zero-order valence-electron chi connectivity index (χ0n) is 15.8. The van der Waals surface area contributed by atoms with E-state index in [0.717, 1.165) is 35.5 Å². The molecule has 1 aliphatic rings. The van der Waals surface area contributed by atoms with Crippen LogP contribution in [0.1, 0.15) is 11.1 Å². The molecule has 0 bridgehead atoms. The van der Waals surface area contributed by atoms with Crippen LogP contribution >= 0.6 is 0 Å². The van der Waals surface area contributed by atoms with E-state index in [1.165, 1.54) is 0 Å². The quantitative estimate of drug-likeness (QED) is 0.741. The van der Waals surface area contributed by atoms with Crippen molar-refractivity contribution in [1.29, 1.82) is 0 Å². The van der Waals surface area contributed by atoms with Crippen molar-refractivity contribution in [3.8, 4) is 11.5 Å². The summed E-state index contributed by atoms with van der Waals surface area (Å²) in [4.78, 5) is 18.2. The number of nitrogens with one attached hydrogen (secondary N) is 2. The summed E-state index contributed by atoms with van der Waals surface area (Å²) in [6.07, 6.45) is 5.05. The van der Waals surface area contributed by atoms with Gasteiger partial charge in [0, 0.05) is 31.5 Å². The Kier molecular flexibility index (Phi) is 6.49. The van der Waals surface area contributed by atoms with E-state index in [1.807, 2.05) is 44.4 Å². The summed E-state index contributed by atoms with van der Waals surface area (Å²) in [5.74, 6) is 1.60. The van der Waals surface area contributed by atoms with E-state index in [-0.39, 0.29) is 18.9 Å². The molecule has 2 aromatic rings. The fourth-order valence-electron chi connectivity index (χ4n) is 2.99. The predicted molar refractivity (Wildman–Crippen MR) is 103 cm³/mol. The molecule has 0 unspecified atom stereocenters. The van der Waals surface area contributed by atoms with Gasteiger partial charge < -0.3 is 25.0 Å². The molecule has 2 heterocycles. The van der Waals surface area contributed by atoms with Crippen molar-refractivity contribution < 1.29 is 14.3 Å². The lowest BCUT2D eigenvalue weighted by Crippen LogP contribution is -2.45. The number of carbonyl (C=O) groups excluding carboxylic acids is 1. The minimum Gasteiger partial charge on any atom is -0.454 e. The molecule has 3 rings (SSSR count). The van der Waals surface area contributed by atoms with Crippen LogP contribution in [-0.2, 0) is 12.8 Å². The molecule has 2 N–H and O–H groups in total. The molecule has 0 fully saturated rings. The number of ether oxygens (including phenoxy) is 2. The molecule has 0 spiro atoms. The third-order valence-corrected chi connectivity index (χ3v) is 4.61. The Balaban J connectivity index is 1.47. The number of urea groups is 1. The zero-order valence-corrected chi connectivity index (χ0v) is 15.8. The Morgan fingerprint density at radius 1 is 1.19 bits per heavy atom. The van der Waals surface area contributed by atoms with Crippen molar-refractivity contribution in [3.05, 3.63) is 53.9 Å². The van der Waals surface area contributed by atoms with Crippen LogP contribution in [0.15, 0.2) is 42.7 Å². The smallest absolute Gasteiger partial charge is 0.314 e. The number of likely N-dealkylation sites (N-methyl/N-ethyl adjacent to an activating group) is 1. The Morgan fingerprint density at radius 2 is 2.00 bits per heavy atom. The van der Waals surface area contributed by atoms with E-state index in [0.29, 0.717) is 13.1 Å². The lowest BCUT2D eigenvalue weighted by molar-refractivity contribution is 0.172. The van der Waals surface area contributed by atoms with Crippen molar-refractivity contribution >= 4 is 6.03 Å². The van der Waals surface area contributed by atoms with Gasteiger partial charge in [0.2, 0.25) is 6.79 Å². The monoisotopic (exact) mass is 370 g/mol. The molecular weight excluding hydrogens is 344 g/mol. The van der Waals surface area contributed by atoms with E-state index in [1.54, 1.807) is 12.4 Å². The lowest BCUT2D eigenvalue weighted by atomic mass is 10.0. The van der Waals surface area contributed by atoms with Gasteiger partial charge in [0.15, 0.2) is 11.5 Å². The summed E-state index contributed by atoms with van der Waals surface area (Å²) in [6, 6.07) is 9.80. The van der Waals surface area contributed by atoms with Gasteiger partial charge in [0.25, 0.3) is 0 Å². The molecule has 144 valence electrons. The lowest BCUT2D eigenvalue weighted by Gasteiger charge is -2.25. The van der Waals surface area contributed by atoms with Gasteiger partial charge in [-0.15, -0.1) is 0 Å². The molecule has 7 heteroatoms. The first-order valence-corrected chi connectivity index (χ1v) is 9.08. The Hall–Kier alpha value is -2.80. The van der Waals surface area contributed by atoms with Crippen molar-refractivity contribution in [2.24, 2.45) is 0 Å². The second-order valence-electron chi connectivity index (χ2n) is 6.71. The maximum absolute atomic E-state index is 12.1. The molecule has 27 heavy (non-hydrogen) atoms. The number of carbonyl (C=O) groups is 1. The van der Waals surface area contributed by atoms with Crippen LogP contribution in [0.3, 0.4) is 0 Å². The molecule has 7 nitrogen and oxygen atoms in total. The number of benzene rings is 1. The maximum Gasteiger partial charge on any atom is 0.314 e. The first-order chi connectivity index (χ1) is 13.1. The van der Waals surface area contributed by atoms with Crippen LogP contribution in [0.4, 0.5) is 4.79 Å². The number of nitrogens with zero attached hydrogens (tertiary/aromatic N) is 2. The van der Waals surface area contributed by atoms with Gasteiger partial charge in [0.1, 0.15) is 0 Å². The highest BCUT2D eigenvalue weighted by Gasteiger charge is 2.21. The maximum atomic E-state index is 12.1. The van der Waals surface area contributed by atoms with Crippen LogP contribution in [0, 0.1) is 0 Å². The highest BCUT2D eigenvalue weighted by Crippen LogP contribution is 2.36. The molecule has 1 aliphatic heterocycles. The van der Waals surface area contributed by atoms with E-state index in [4.69, 9.17) is 9.47 Å². The zero-order chi connectivity index (χ0) is 19.1. The molecule has 1 atom stereocenters. The van der Waals surface area contributed by atoms with Crippen molar-refractivity contribution in [3.63, 3.8) is 0 Å². The third-order valence-electron chi connectivity index (χ3n) is 4.61. The first-order valence-electron chi connectivity index (χ1n) is 9.08. The van der Waals surface area contributed by atoms with E-state index in [2.05, 4.69) is 20.5 Å². The molecule has 2 amide bonds. The Morgan fingerprint density at radius 3 is 2.78 bits per heavy atom. The minimum atomic E-state index is -0.159. The number of para-hydroxylation sites is 1. The summed E-state index contributed by atoms with van der Waals surface area (Å²) < 4.78 is 11.0. The molecule has 1 aromatic heterocycles. The summed E-state index contributed by atoms with van der Waals surface area (Å²) in [6.45, 7) is 1.38. The van der Waals surface area contributed by atoms with Crippen LogP contribution in [-0.4, -0.2) is 55.9 Å². The number of fused-ring (bicyclic) bond motifs is 1. The number of pyridine rings is 1. The molecule has 0 saturated carbocycles. The van der Waals surface area contributed by atoms with Gasteiger partial charge in [-0.2, -0.15) is 0 Å². The first kappa shape index (κ1) is 19.0. The third kappa shape index (κ3) is 5.34. The van der Waals surface area contributed by atoms with E-state index >= 15 is 0 Å². The van der Waals surface area contributed by atoms with Crippen LogP contribution in [0.5, 0.6) is 11.5 Å². The number of aromatic nitrogens is 1. The molecule has 1 aromatic carbocycles. The predicted octanol–water partition coefficient (Wildman–Crippen LogP) is 1.82. The van der Waals surface area contributed by atoms with Crippen molar-refractivity contribution in [2.45, 2.75) is 18.9 Å². The van der Waals surface area contributed by atoms with Gasteiger partial charge in [-0.1, -0.05) is 12.1 Å². The highest BCUT2D eigenvalue weighted by atomic mass is 16.7. The van der Waals surface area contributed by atoms with Gasteiger partial charge >= 0.3 is 6.03 Å². The summed E-state index contributed by atoms with van der Waals surface area (Å²) in [5.41, 5.74) is 2.24.